The maximum Gasteiger partial charge on any atom is 0.332 e. The van der Waals surface area contributed by atoms with Crippen LogP contribution in [0.15, 0.2) is 12.2 Å². The number of amides is 1. The molecule has 0 saturated heterocycles. The lowest BCUT2D eigenvalue weighted by Crippen LogP contribution is -2.55. The number of aliphatic hydroxyl groups excluding tert-OH is 1. The Kier molecular flexibility index (Phi) is 30.4. The van der Waals surface area contributed by atoms with Gasteiger partial charge in [-0.15, -0.1) is 0 Å². The van der Waals surface area contributed by atoms with Crippen LogP contribution in [0.3, 0.4) is 0 Å². The molecule has 0 saturated carbocycles. The highest BCUT2D eigenvalue weighted by molar-refractivity contribution is 7.14. The van der Waals surface area contributed by atoms with Gasteiger partial charge in [-0.25, -0.2) is 4.79 Å². The molecule has 6 heteroatoms. The third kappa shape index (κ3) is 23.1. The van der Waals surface area contributed by atoms with Gasteiger partial charge in [0.1, 0.15) is 0 Å². The number of aliphatic carboxylic acids is 1. The molecule has 5 nitrogen and oxygen atoms in total. The SMILES string of the molecule is CCCCCCCC/C=C\CCCCCCCC(=O)N(P)C(CO)(CCCCCCCCCCCCCCCC)C(=O)O. The van der Waals surface area contributed by atoms with E-state index in [1.54, 1.807) is 0 Å². The first-order valence-corrected chi connectivity index (χ1v) is 19.0. The summed E-state index contributed by atoms with van der Waals surface area (Å²) in [6.07, 6.45) is 38.1. The first-order chi connectivity index (χ1) is 21.0. The van der Waals surface area contributed by atoms with Crippen LogP contribution in [0, 0.1) is 0 Å². The lowest BCUT2D eigenvalue weighted by Gasteiger charge is -2.36. The van der Waals surface area contributed by atoms with Gasteiger partial charge in [0.15, 0.2) is 5.54 Å². The van der Waals surface area contributed by atoms with E-state index >= 15 is 0 Å². The number of carboxylic acids is 1. The Labute approximate surface area is 269 Å². The second-order valence-corrected chi connectivity index (χ2v) is 13.5. The minimum absolute atomic E-state index is 0.204. The molecule has 2 unspecified atom stereocenters. The maximum absolute atomic E-state index is 12.9. The normalized spacial score (nSPS) is 13.0. The van der Waals surface area contributed by atoms with Gasteiger partial charge in [-0.1, -0.05) is 167 Å². The number of carboxylic acid groups (broad SMARTS) is 1. The highest BCUT2D eigenvalue weighted by atomic mass is 31.0. The third-order valence-corrected chi connectivity index (χ3v) is 9.77. The number of carbonyl (C=O) groups is 2. The lowest BCUT2D eigenvalue weighted by molar-refractivity contribution is -0.156. The molecule has 0 rings (SSSR count). The fourth-order valence-corrected chi connectivity index (χ4v) is 6.32. The molecule has 0 aliphatic carbocycles. The summed E-state index contributed by atoms with van der Waals surface area (Å²) < 4.78 is 1.24. The Balaban J connectivity index is 4.00. The summed E-state index contributed by atoms with van der Waals surface area (Å²) in [4.78, 5) is 25.1. The van der Waals surface area contributed by atoms with E-state index in [0.717, 1.165) is 44.9 Å². The summed E-state index contributed by atoms with van der Waals surface area (Å²) in [5, 5.41) is 20.1. The first kappa shape index (κ1) is 42.1. The summed E-state index contributed by atoms with van der Waals surface area (Å²) in [6.45, 7) is 3.96. The number of hydrogen-bond acceptors (Lipinski definition) is 3. The smallest absolute Gasteiger partial charge is 0.332 e. The van der Waals surface area contributed by atoms with Gasteiger partial charge in [0.2, 0.25) is 5.91 Å². The Morgan fingerprint density at radius 2 is 0.930 bits per heavy atom. The van der Waals surface area contributed by atoms with Crippen molar-refractivity contribution >= 4 is 21.3 Å². The molecule has 0 heterocycles. The monoisotopic (exact) mass is 626 g/mol. The fourth-order valence-electron chi connectivity index (χ4n) is 5.87. The molecule has 0 fully saturated rings. The standard InChI is InChI=1S/C37H72NO4P/c1-3-5-7-9-11-13-15-17-19-20-22-24-26-28-30-32-35(40)38(43)37(34-39,36(41)42)33-31-29-27-25-23-21-18-16-14-12-10-8-6-4-2/h17,19,39H,3-16,18,20-34,43H2,1-2H3,(H,41,42)/b19-17-. The number of carbonyl (C=O) groups excluding carboxylic acids is 1. The van der Waals surface area contributed by atoms with Gasteiger partial charge in [-0.2, -0.15) is 0 Å². The van der Waals surface area contributed by atoms with Crippen molar-refractivity contribution in [2.75, 3.05) is 6.61 Å². The molecule has 0 bridgehead atoms. The molecule has 0 radical (unpaired) electrons. The van der Waals surface area contributed by atoms with Gasteiger partial charge in [0.25, 0.3) is 0 Å². The van der Waals surface area contributed by atoms with E-state index in [2.05, 4.69) is 35.4 Å². The van der Waals surface area contributed by atoms with Crippen molar-refractivity contribution in [2.24, 2.45) is 0 Å². The van der Waals surface area contributed by atoms with E-state index in [1.807, 2.05) is 0 Å². The maximum atomic E-state index is 12.9. The highest BCUT2D eigenvalue weighted by Gasteiger charge is 2.44. The largest absolute Gasteiger partial charge is 0.479 e. The predicted octanol–water partition coefficient (Wildman–Crippen LogP) is 11.3. The fraction of sp³-hybridized carbons (Fsp3) is 0.892. The Morgan fingerprint density at radius 1 is 0.581 bits per heavy atom. The van der Waals surface area contributed by atoms with Gasteiger partial charge in [0.05, 0.1) is 6.61 Å². The second kappa shape index (κ2) is 31.1. The zero-order valence-corrected chi connectivity index (χ0v) is 29.8. The number of unbranched alkanes of at least 4 members (excludes halogenated alkanes) is 24. The summed E-state index contributed by atoms with van der Waals surface area (Å²) >= 11 is 0. The van der Waals surface area contributed by atoms with E-state index < -0.39 is 18.1 Å². The van der Waals surface area contributed by atoms with Crippen LogP contribution in [0.4, 0.5) is 0 Å². The van der Waals surface area contributed by atoms with Crippen LogP contribution in [-0.4, -0.2) is 38.9 Å². The molecule has 1 amide bonds. The summed E-state index contributed by atoms with van der Waals surface area (Å²) in [5.41, 5.74) is -1.54. The molecule has 2 N–H and O–H groups in total. The summed E-state index contributed by atoms with van der Waals surface area (Å²) in [7, 11) is 2.31. The van der Waals surface area contributed by atoms with Gasteiger partial charge in [0, 0.05) is 6.42 Å². The molecular formula is C37H72NO4P. The van der Waals surface area contributed by atoms with Crippen molar-refractivity contribution in [3.8, 4) is 0 Å². The second-order valence-electron chi connectivity index (χ2n) is 12.9. The molecule has 0 aliphatic heterocycles. The molecule has 0 aromatic rings. The average molecular weight is 626 g/mol. The Morgan fingerprint density at radius 3 is 1.30 bits per heavy atom. The summed E-state index contributed by atoms with van der Waals surface area (Å²) in [6, 6.07) is 0. The number of nitrogens with zero attached hydrogens (tertiary/aromatic N) is 1. The van der Waals surface area contributed by atoms with E-state index in [0.29, 0.717) is 19.3 Å². The van der Waals surface area contributed by atoms with E-state index in [4.69, 9.17) is 0 Å². The Bertz CT molecular complexity index is 671. The number of hydrogen-bond donors (Lipinski definition) is 2. The highest BCUT2D eigenvalue weighted by Crippen LogP contribution is 2.29. The molecule has 2 atom stereocenters. The topological polar surface area (TPSA) is 77.8 Å². The summed E-state index contributed by atoms with van der Waals surface area (Å²) in [5.74, 6) is -1.32. The number of allylic oxidation sites excluding steroid dienone is 2. The van der Waals surface area contributed by atoms with Crippen molar-refractivity contribution in [3.05, 3.63) is 12.2 Å². The van der Waals surface area contributed by atoms with Crippen molar-refractivity contribution in [2.45, 2.75) is 206 Å². The molecule has 43 heavy (non-hydrogen) atoms. The Hall–Kier alpha value is -0.930. The van der Waals surface area contributed by atoms with Crippen molar-refractivity contribution in [1.82, 2.24) is 4.67 Å². The van der Waals surface area contributed by atoms with Crippen molar-refractivity contribution in [1.29, 1.82) is 0 Å². The van der Waals surface area contributed by atoms with Crippen LogP contribution >= 0.6 is 9.39 Å². The number of aliphatic hydroxyl groups is 1. The molecule has 0 aliphatic rings. The van der Waals surface area contributed by atoms with Crippen LogP contribution in [-0.2, 0) is 9.59 Å². The zero-order valence-electron chi connectivity index (χ0n) is 28.6. The minimum atomic E-state index is -1.54. The van der Waals surface area contributed by atoms with Crippen LogP contribution in [0.25, 0.3) is 0 Å². The number of rotatable bonds is 33. The molecular weight excluding hydrogens is 553 g/mol. The van der Waals surface area contributed by atoms with Crippen LogP contribution in [0.2, 0.25) is 0 Å². The van der Waals surface area contributed by atoms with Gasteiger partial charge >= 0.3 is 5.97 Å². The van der Waals surface area contributed by atoms with E-state index in [-0.39, 0.29) is 5.91 Å². The van der Waals surface area contributed by atoms with Gasteiger partial charge in [-0.3, -0.25) is 4.79 Å². The molecule has 0 aromatic heterocycles. The van der Waals surface area contributed by atoms with E-state index in [1.165, 1.54) is 127 Å². The van der Waals surface area contributed by atoms with E-state index in [9.17, 15) is 19.8 Å². The zero-order chi connectivity index (χ0) is 31.9. The van der Waals surface area contributed by atoms with Gasteiger partial charge in [-0.05, 0) is 47.9 Å². The lowest BCUT2D eigenvalue weighted by atomic mass is 9.92. The average Bonchev–Trinajstić information content (AvgIpc) is 3.00. The van der Waals surface area contributed by atoms with Crippen LogP contribution in [0.5, 0.6) is 0 Å². The van der Waals surface area contributed by atoms with Crippen LogP contribution in [0.1, 0.15) is 200 Å². The quantitative estimate of drug-likeness (QED) is 0.0432. The molecule has 0 spiro atoms. The van der Waals surface area contributed by atoms with Crippen molar-refractivity contribution in [3.63, 3.8) is 0 Å². The van der Waals surface area contributed by atoms with Gasteiger partial charge < -0.3 is 14.9 Å². The third-order valence-electron chi connectivity index (χ3n) is 8.99. The molecule has 0 aromatic carbocycles. The predicted molar refractivity (Wildman–Crippen MR) is 188 cm³/mol. The molecule has 254 valence electrons. The van der Waals surface area contributed by atoms with Crippen molar-refractivity contribution < 1.29 is 19.8 Å². The first-order valence-electron chi connectivity index (χ1n) is 18.5. The van der Waals surface area contributed by atoms with Crippen LogP contribution < -0.4 is 0 Å². The minimum Gasteiger partial charge on any atom is -0.479 e.